The first-order valence-corrected chi connectivity index (χ1v) is 28.7. The van der Waals surface area contributed by atoms with Gasteiger partial charge in [-0.25, -0.2) is 4.79 Å². The van der Waals surface area contributed by atoms with E-state index in [2.05, 4.69) is 12.1 Å². The van der Waals surface area contributed by atoms with Crippen LogP contribution in [-0.2, 0) is 58.8 Å². The number of amides is 1. The Bertz CT molecular complexity index is 2170. The van der Waals surface area contributed by atoms with Crippen molar-refractivity contribution in [2.24, 2.45) is 35.5 Å². The number of ketones is 3. The molecule has 1 aliphatic carbocycles. The maximum absolute atomic E-state index is 14.7. The van der Waals surface area contributed by atoms with Crippen molar-refractivity contribution in [1.82, 2.24) is 4.90 Å². The van der Waals surface area contributed by atoms with E-state index >= 15 is 0 Å². The SMILES string of the molecule is CO[C@@H]1C[C@H](CC(C)C2CC(=O)[C@H](C)/C=C(\C)[C@@H](O)[C@@H](OC)C(=O)[C@H](C)C[C@H](C)/C=C/C=C/C=C(\C)C(OCCCO)CC3CC[C@@H](C)[C@@](O)(O3)C(=O)C(=O)N3CCCC[C@H]3C(=O)O2)CC[C@H]1OCCCc1ccccc1. The summed E-state index contributed by atoms with van der Waals surface area (Å²) in [5.41, 5.74) is 2.49. The Morgan fingerprint density at radius 1 is 0.818 bits per heavy atom. The molecule has 3 N–H and O–H groups in total. The first-order chi connectivity index (χ1) is 36.8. The fraction of sp³-hybridized carbons (Fsp3) is 0.694. The molecule has 15 nitrogen and oxygen atoms in total. The maximum Gasteiger partial charge on any atom is 0.329 e. The molecule has 0 aromatic heterocycles. The van der Waals surface area contributed by atoms with Crippen molar-refractivity contribution in [2.45, 2.75) is 199 Å². The number of carbonyl (C=O) groups excluding carboxylic acids is 5. The number of benzene rings is 1. The molecule has 4 unspecified atom stereocenters. The topological polar surface area (TPSA) is 205 Å². The normalized spacial score (nSPS) is 35.9. The van der Waals surface area contributed by atoms with Gasteiger partial charge in [-0.3, -0.25) is 19.2 Å². The van der Waals surface area contributed by atoms with Gasteiger partial charge in [-0.05, 0) is 132 Å². The van der Waals surface area contributed by atoms with E-state index in [1.54, 1.807) is 34.0 Å². The maximum atomic E-state index is 14.7. The summed E-state index contributed by atoms with van der Waals surface area (Å²) in [4.78, 5) is 73.0. The third-order valence-corrected chi connectivity index (χ3v) is 16.6. The van der Waals surface area contributed by atoms with Gasteiger partial charge in [-0.15, -0.1) is 0 Å². The standard InChI is InChI=1S/C62H93NO14/c1-40-20-12-10-13-21-41(2)53(75-33-19-31-64)38-49-28-26-46(7)62(71,77-49)59(68)60(69)63-30-17-16-25-50(63)61(70)76-54(39-51(65)42(3)35-45(6)57(67)58(73-9)56(66)44(5)34-40)43(4)36-48-27-29-52(55(37-48)72-8)74-32-18-24-47-22-14-11-15-23-47/h10-15,20-23,35,40,42-44,46,48-50,52-55,57-58,64,67,71H,16-19,24-34,36-39H2,1-9H3/b13-10+,20-12+,41-21+,45-35+/t40-,42-,43?,44-,46-,48+,49?,50+,52-,53?,54?,55-,57-,58+,62-/m1/s1. The van der Waals surface area contributed by atoms with Crippen LogP contribution in [0.4, 0.5) is 0 Å². The number of aliphatic hydroxyl groups excluding tert-OH is 2. The number of fused-ring (bicyclic) bond motifs is 3. The molecule has 0 radical (unpaired) electrons. The predicted octanol–water partition coefficient (Wildman–Crippen LogP) is 8.59. The van der Waals surface area contributed by atoms with Crippen molar-refractivity contribution in [1.29, 1.82) is 0 Å². The Morgan fingerprint density at radius 2 is 1.56 bits per heavy atom. The third kappa shape index (κ3) is 18.4. The van der Waals surface area contributed by atoms with Gasteiger partial charge in [0.05, 0.1) is 24.4 Å². The Balaban J connectivity index is 1.43. The van der Waals surface area contributed by atoms with Crippen LogP contribution in [0, 0.1) is 35.5 Å². The Kier molecular flexibility index (Phi) is 26.1. The molecular weight excluding hydrogens is 983 g/mol. The summed E-state index contributed by atoms with van der Waals surface area (Å²) in [7, 11) is 3.08. The molecule has 3 aliphatic heterocycles. The van der Waals surface area contributed by atoms with E-state index in [1.807, 2.05) is 76.3 Å². The van der Waals surface area contributed by atoms with E-state index in [0.717, 1.165) is 31.3 Å². The average molecular weight is 1080 g/mol. The number of allylic oxidation sites excluding steroid dienone is 6. The summed E-state index contributed by atoms with van der Waals surface area (Å²) in [6, 6.07) is 9.16. The number of hydrogen-bond donors (Lipinski definition) is 3. The second-order valence-electron chi connectivity index (χ2n) is 22.7. The van der Waals surface area contributed by atoms with Gasteiger partial charge in [0.1, 0.15) is 30.1 Å². The number of Topliss-reactive ketones (excluding diaryl/α,β-unsaturated/α-hetero) is 3. The molecule has 1 amide bonds. The van der Waals surface area contributed by atoms with Crippen LogP contribution in [0.1, 0.15) is 144 Å². The van der Waals surface area contributed by atoms with E-state index in [4.69, 9.17) is 28.4 Å². The van der Waals surface area contributed by atoms with Crippen molar-refractivity contribution >= 4 is 29.2 Å². The van der Waals surface area contributed by atoms with Crippen LogP contribution in [0.3, 0.4) is 0 Å². The highest BCUT2D eigenvalue weighted by Gasteiger charge is 2.53. The van der Waals surface area contributed by atoms with Crippen molar-refractivity contribution < 1.29 is 67.7 Å². The minimum atomic E-state index is -2.47. The van der Waals surface area contributed by atoms with Gasteiger partial charge in [0.25, 0.3) is 11.7 Å². The molecule has 3 fully saturated rings. The fourth-order valence-corrected chi connectivity index (χ4v) is 11.7. The van der Waals surface area contributed by atoms with Crippen LogP contribution < -0.4 is 0 Å². The van der Waals surface area contributed by atoms with Gasteiger partial charge in [0.2, 0.25) is 5.79 Å². The molecule has 1 aromatic carbocycles. The van der Waals surface area contributed by atoms with Gasteiger partial charge in [-0.2, -0.15) is 0 Å². The molecule has 3 heterocycles. The molecule has 430 valence electrons. The van der Waals surface area contributed by atoms with Crippen LogP contribution in [0.5, 0.6) is 0 Å². The van der Waals surface area contributed by atoms with Gasteiger partial charge in [-0.1, -0.05) is 101 Å². The fourth-order valence-electron chi connectivity index (χ4n) is 11.7. The number of esters is 1. The van der Waals surface area contributed by atoms with Crippen LogP contribution in [-0.4, -0.2) is 145 Å². The molecule has 77 heavy (non-hydrogen) atoms. The summed E-state index contributed by atoms with van der Waals surface area (Å²) in [5, 5.41) is 33.3. The molecule has 15 atom stereocenters. The highest BCUT2D eigenvalue weighted by atomic mass is 16.6. The van der Waals surface area contributed by atoms with Crippen LogP contribution in [0.2, 0.25) is 0 Å². The summed E-state index contributed by atoms with van der Waals surface area (Å²) >= 11 is 0. The highest BCUT2D eigenvalue weighted by molar-refractivity contribution is 6.39. The number of nitrogens with zero attached hydrogens (tertiary/aromatic N) is 1. The predicted molar refractivity (Wildman–Crippen MR) is 294 cm³/mol. The number of hydrogen-bond acceptors (Lipinski definition) is 14. The van der Waals surface area contributed by atoms with E-state index < -0.39 is 77.8 Å². The largest absolute Gasteiger partial charge is 0.460 e. The molecule has 15 heteroatoms. The highest BCUT2D eigenvalue weighted by Crippen LogP contribution is 2.38. The third-order valence-electron chi connectivity index (χ3n) is 16.6. The van der Waals surface area contributed by atoms with Crippen molar-refractivity contribution in [3.05, 3.63) is 83.5 Å². The van der Waals surface area contributed by atoms with E-state index in [9.17, 15) is 39.3 Å². The van der Waals surface area contributed by atoms with Crippen LogP contribution in [0.15, 0.2) is 77.9 Å². The van der Waals surface area contributed by atoms with Gasteiger partial charge in [0, 0.05) is 71.2 Å². The number of cyclic esters (lactones) is 1. The molecule has 4 aliphatic rings. The number of aliphatic hydroxyl groups is 3. The van der Waals surface area contributed by atoms with Gasteiger partial charge >= 0.3 is 5.97 Å². The lowest BCUT2D eigenvalue weighted by Gasteiger charge is -2.43. The lowest BCUT2D eigenvalue weighted by atomic mass is 9.78. The number of carbonyl (C=O) groups is 5. The minimum Gasteiger partial charge on any atom is -0.460 e. The van der Waals surface area contributed by atoms with Crippen LogP contribution in [0.25, 0.3) is 0 Å². The zero-order valence-corrected chi connectivity index (χ0v) is 47.6. The summed E-state index contributed by atoms with van der Waals surface area (Å²) < 4.78 is 36.9. The monoisotopic (exact) mass is 1080 g/mol. The smallest absolute Gasteiger partial charge is 0.329 e. The van der Waals surface area contributed by atoms with E-state index in [1.165, 1.54) is 17.6 Å². The van der Waals surface area contributed by atoms with Crippen molar-refractivity contribution in [3.8, 4) is 0 Å². The minimum absolute atomic E-state index is 0.00612. The van der Waals surface area contributed by atoms with Crippen molar-refractivity contribution in [2.75, 3.05) is 40.6 Å². The van der Waals surface area contributed by atoms with Crippen LogP contribution >= 0.6 is 0 Å². The molecule has 1 saturated carbocycles. The average Bonchev–Trinajstić information content (AvgIpc) is 3.43. The van der Waals surface area contributed by atoms with Gasteiger partial charge < -0.3 is 48.6 Å². The Morgan fingerprint density at radius 3 is 2.27 bits per heavy atom. The number of ether oxygens (including phenoxy) is 6. The Hall–Kier alpha value is -4.19. The summed E-state index contributed by atoms with van der Waals surface area (Å²) in [6.45, 7) is 13.6. The summed E-state index contributed by atoms with van der Waals surface area (Å²) in [6.07, 6.45) is 14.3. The zero-order chi connectivity index (χ0) is 56.2. The Labute approximate surface area is 459 Å². The molecule has 0 spiro atoms. The first-order valence-electron chi connectivity index (χ1n) is 28.7. The summed E-state index contributed by atoms with van der Waals surface area (Å²) in [5.74, 6) is -8.04. The quantitative estimate of drug-likeness (QED) is 0.0691. The molecule has 2 bridgehead atoms. The lowest BCUT2D eigenvalue weighted by Crippen LogP contribution is -2.61. The molecule has 2 saturated heterocycles. The number of rotatable bonds is 14. The molecule has 1 aromatic rings. The second-order valence-corrected chi connectivity index (χ2v) is 22.7. The number of methoxy groups -OCH3 is 2. The number of aryl methyl sites for hydroxylation is 1. The molecule has 5 rings (SSSR count). The van der Waals surface area contributed by atoms with Gasteiger partial charge in [0.15, 0.2) is 5.78 Å². The molecular formula is C62H93NO14. The van der Waals surface area contributed by atoms with E-state index in [0.29, 0.717) is 63.5 Å². The second kappa shape index (κ2) is 31.6. The van der Waals surface area contributed by atoms with Crippen molar-refractivity contribution in [3.63, 3.8) is 0 Å². The van der Waals surface area contributed by atoms with E-state index in [-0.39, 0.29) is 80.5 Å². The number of piperidine rings is 1. The zero-order valence-electron chi connectivity index (χ0n) is 47.6. The lowest BCUT2D eigenvalue weighted by molar-refractivity contribution is -0.266. The first kappa shape index (κ1) is 63.6.